The summed E-state index contributed by atoms with van der Waals surface area (Å²) in [6.45, 7) is 2.84. The summed E-state index contributed by atoms with van der Waals surface area (Å²) >= 11 is 6.72. The molecule has 2 nitrogen and oxygen atoms in total. The van der Waals surface area contributed by atoms with Gasteiger partial charge in [-0.1, -0.05) is 121 Å². The fourth-order valence-corrected chi connectivity index (χ4v) is 6.37. The van der Waals surface area contributed by atoms with Gasteiger partial charge in [0.25, 0.3) is 0 Å². The molecule has 0 radical (unpaired) electrons. The quantitative estimate of drug-likeness (QED) is 0.170. The molecule has 0 spiro atoms. The van der Waals surface area contributed by atoms with Gasteiger partial charge < -0.3 is 0 Å². The van der Waals surface area contributed by atoms with Gasteiger partial charge in [0.2, 0.25) is 0 Å². The predicted molar refractivity (Wildman–Crippen MR) is 151 cm³/mol. The van der Waals surface area contributed by atoms with E-state index in [2.05, 4.69) is 131 Å². The summed E-state index contributed by atoms with van der Waals surface area (Å²) in [6, 6.07) is 44.6. The average molecular weight is 495 g/mol. The number of likely N-dealkylation sites (tertiary alicyclic amines) is 1. The van der Waals surface area contributed by atoms with Crippen LogP contribution in [-0.2, 0) is 25.9 Å². The van der Waals surface area contributed by atoms with Crippen LogP contribution >= 0.6 is 11.6 Å². The van der Waals surface area contributed by atoms with Crippen LogP contribution < -0.4 is 0 Å². The zero-order chi connectivity index (χ0) is 24.6. The molecule has 1 atom stereocenters. The van der Waals surface area contributed by atoms with Crippen LogP contribution in [0.1, 0.15) is 28.7 Å². The third kappa shape index (κ3) is 5.73. The van der Waals surface area contributed by atoms with Crippen LogP contribution in [0.2, 0.25) is 0 Å². The molecule has 5 rings (SSSR count). The van der Waals surface area contributed by atoms with E-state index in [1.54, 1.807) is 0 Å². The van der Waals surface area contributed by atoms with Crippen molar-refractivity contribution >= 4 is 11.6 Å². The first-order valence-electron chi connectivity index (χ1n) is 13.0. The molecule has 4 aromatic carbocycles. The Morgan fingerprint density at radius 2 is 1.00 bits per heavy atom. The molecular formula is C33H35ClN2. The van der Waals surface area contributed by atoms with Crippen molar-refractivity contribution in [3.8, 4) is 0 Å². The summed E-state index contributed by atoms with van der Waals surface area (Å²) in [6.07, 6.45) is 3.05. The van der Waals surface area contributed by atoms with E-state index in [1.165, 1.54) is 22.3 Å². The van der Waals surface area contributed by atoms with Crippen molar-refractivity contribution in [2.24, 2.45) is 0 Å². The van der Waals surface area contributed by atoms with Gasteiger partial charge in [0.1, 0.15) is 0 Å². The van der Waals surface area contributed by atoms with Crippen LogP contribution in [0.4, 0.5) is 0 Å². The number of hydrogen-bond acceptors (Lipinski definition) is 2. The van der Waals surface area contributed by atoms with Crippen molar-refractivity contribution in [1.29, 1.82) is 0 Å². The monoisotopic (exact) mass is 494 g/mol. The molecule has 1 aliphatic heterocycles. The minimum Gasteiger partial charge on any atom is -0.290 e. The Morgan fingerprint density at radius 1 is 0.611 bits per heavy atom. The lowest BCUT2D eigenvalue weighted by Gasteiger charge is -2.46. The molecule has 4 aromatic rings. The van der Waals surface area contributed by atoms with Gasteiger partial charge in [-0.05, 0) is 41.5 Å². The number of halogens is 1. The van der Waals surface area contributed by atoms with E-state index in [4.69, 9.17) is 11.6 Å². The molecule has 1 fully saturated rings. The van der Waals surface area contributed by atoms with Crippen molar-refractivity contribution in [3.05, 3.63) is 144 Å². The summed E-state index contributed by atoms with van der Waals surface area (Å²) < 4.78 is 0. The van der Waals surface area contributed by atoms with Crippen LogP contribution in [0.3, 0.4) is 0 Å². The van der Waals surface area contributed by atoms with Gasteiger partial charge in [-0.3, -0.25) is 9.80 Å². The molecule has 184 valence electrons. The smallest absolute Gasteiger partial charge is 0.0743 e. The molecule has 1 unspecified atom stereocenters. The molecule has 36 heavy (non-hydrogen) atoms. The van der Waals surface area contributed by atoms with Crippen molar-refractivity contribution in [2.75, 3.05) is 12.5 Å². The van der Waals surface area contributed by atoms with Crippen molar-refractivity contribution in [2.45, 2.75) is 43.9 Å². The Hall–Kier alpha value is -2.91. The Morgan fingerprint density at radius 3 is 1.39 bits per heavy atom. The second kappa shape index (κ2) is 11.9. The third-order valence-corrected chi connectivity index (χ3v) is 7.96. The van der Waals surface area contributed by atoms with Crippen molar-refractivity contribution in [3.63, 3.8) is 0 Å². The van der Waals surface area contributed by atoms with E-state index in [0.29, 0.717) is 12.0 Å². The van der Waals surface area contributed by atoms with Gasteiger partial charge in [-0.2, -0.15) is 0 Å². The molecule has 1 aliphatic rings. The number of rotatable bonds is 10. The highest BCUT2D eigenvalue weighted by atomic mass is 35.5. The minimum atomic E-state index is -0.103. The Balaban J connectivity index is 1.58. The zero-order valence-electron chi connectivity index (χ0n) is 20.8. The highest BCUT2D eigenvalue weighted by Gasteiger charge is 2.50. The Labute approximate surface area is 221 Å². The first kappa shape index (κ1) is 24.8. The molecule has 0 N–H and O–H groups in total. The average Bonchev–Trinajstić information content (AvgIpc) is 3.27. The van der Waals surface area contributed by atoms with Gasteiger partial charge >= 0.3 is 0 Å². The molecule has 0 amide bonds. The highest BCUT2D eigenvalue weighted by Crippen LogP contribution is 2.40. The van der Waals surface area contributed by atoms with E-state index in [9.17, 15) is 0 Å². The first-order chi connectivity index (χ1) is 17.8. The lowest BCUT2D eigenvalue weighted by atomic mass is 9.78. The van der Waals surface area contributed by atoms with Crippen LogP contribution in [0, 0.1) is 0 Å². The van der Waals surface area contributed by atoms with Crippen molar-refractivity contribution < 1.29 is 0 Å². The van der Waals surface area contributed by atoms with E-state index in [-0.39, 0.29) is 5.54 Å². The van der Waals surface area contributed by atoms with Gasteiger partial charge in [0.15, 0.2) is 0 Å². The summed E-state index contributed by atoms with van der Waals surface area (Å²) in [5, 5.41) is 0. The van der Waals surface area contributed by atoms with Gasteiger partial charge in [-0.25, -0.2) is 0 Å². The fourth-order valence-electron chi connectivity index (χ4n) is 6.01. The lowest BCUT2D eigenvalue weighted by molar-refractivity contribution is 0.0533. The van der Waals surface area contributed by atoms with Gasteiger partial charge in [0.05, 0.1) is 6.00 Å². The maximum Gasteiger partial charge on any atom is 0.0743 e. The second-order valence-corrected chi connectivity index (χ2v) is 10.2. The molecule has 0 aliphatic carbocycles. The van der Waals surface area contributed by atoms with Crippen LogP contribution in [0.15, 0.2) is 121 Å². The van der Waals surface area contributed by atoms with Crippen molar-refractivity contribution in [1.82, 2.24) is 9.80 Å². The standard InChI is InChI=1S/C33H35ClN2/c34-27-36-22-21-32(35(25-30-17-9-3-10-18-30)26-31-19-11-4-12-20-31)33(36,23-28-13-5-1-6-14-28)24-29-15-7-2-8-16-29/h1-20,32H,21-27H2. The molecular weight excluding hydrogens is 460 g/mol. The normalized spacial score (nSPS) is 17.4. The van der Waals surface area contributed by atoms with Gasteiger partial charge in [-0.15, -0.1) is 11.6 Å². The minimum absolute atomic E-state index is 0.103. The maximum absolute atomic E-state index is 6.72. The predicted octanol–water partition coefficient (Wildman–Crippen LogP) is 7.18. The van der Waals surface area contributed by atoms with E-state index < -0.39 is 0 Å². The molecule has 1 saturated heterocycles. The number of hydrogen-bond donors (Lipinski definition) is 0. The maximum atomic E-state index is 6.72. The Bertz CT molecular complexity index is 1100. The summed E-state index contributed by atoms with van der Waals surface area (Å²) in [5.74, 6) is 0. The third-order valence-electron chi connectivity index (χ3n) is 7.67. The fraction of sp³-hybridized carbons (Fsp3) is 0.273. The second-order valence-electron chi connectivity index (χ2n) is 9.99. The topological polar surface area (TPSA) is 6.48 Å². The molecule has 3 heteroatoms. The Kier molecular flexibility index (Phi) is 8.18. The number of alkyl halides is 1. The van der Waals surface area contributed by atoms with E-state index >= 15 is 0 Å². The largest absolute Gasteiger partial charge is 0.290 e. The summed E-state index contributed by atoms with van der Waals surface area (Å²) in [7, 11) is 0. The molecule has 0 bridgehead atoms. The summed E-state index contributed by atoms with van der Waals surface area (Å²) in [5.41, 5.74) is 5.34. The van der Waals surface area contributed by atoms with Gasteiger partial charge in [0, 0.05) is 31.2 Å². The number of benzene rings is 4. The number of nitrogens with zero attached hydrogens (tertiary/aromatic N) is 2. The molecule has 0 saturated carbocycles. The van der Waals surface area contributed by atoms with E-state index in [0.717, 1.165) is 38.9 Å². The summed E-state index contributed by atoms with van der Waals surface area (Å²) in [4.78, 5) is 5.26. The highest BCUT2D eigenvalue weighted by molar-refractivity contribution is 6.17. The van der Waals surface area contributed by atoms with Crippen LogP contribution in [0.5, 0.6) is 0 Å². The SMILES string of the molecule is ClCN1CCC(N(Cc2ccccc2)Cc2ccccc2)C1(Cc1ccccc1)Cc1ccccc1. The zero-order valence-corrected chi connectivity index (χ0v) is 21.6. The lowest BCUT2D eigenvalue weighted by Crippen LogP contribution is -2.58. The first-order valence-corrected chi connectivity index (χ1v) is 13.5. The molecule has 1 heterocycles. The van der Waals surface area contributed by atoms with Crippen LogP contribution in [0.25, 0.3) is 0 Å². The van der Waals surface area contributed by atoms with Crippen LogP contribution in [-0.4, -0.2) is 33.9 Å². The van der Waals surface area contributed by atoms with E-state index in [1.807, 2.05) is 0 Å². The molecule has 0 aromatic heterocycles.